The van der Waals surface area contributed by atoms with Gasteiger partial charge in [0.15, 0.2) is 0 Å². The van der Waals surface area contributed by atoms with Crippen molar-refractivity contribution in [2.45, 2.75) is 31.7 Å². The van der Waals surface area contributed by atoms with Gasteiger partial charge in [-0.3, -0.25) is 9.69 Å². The van der Waals surface area contributed by atoms with Crippen molar-refractivity contribution in [3.63, 3.8) is 0 Å². The average molecular weight is 306 g/mol. The number of nitrogens with zero attached hydrogens (tertiary/aromatic N) is 3. The van der Waals surface area contributed by atoms with Crippen molar-refractivity contribution >= 4 is 5.91 Å². The first-order valence-electron chi connectivity index (χ1n) is 8.28. The number of carbonyl (C=O) groups is 1. The number of hydrogen-bond acceptors (Lipinski definition) is 4. The topological polar surface area (TPSA) is 59.4 Å². The number of nitrogens with one attached hydrogen (secondary N) is 1. The molecule has 1 aromatic heterocycles. The first-order chi connectivity index (χ1) is 10.7. The van der Waals surface area contributed by atoms with Crippen molar-refractivity contribution in [2.24, 2.45) is 13.0 Å². The van der Waals surface area contributed by atoms with Gasteiger partial charge in [-0.05, 0) is 18.8 Å². The van der Waals surface area contributed by atoms with Crippen LogP contribution in [0.2, 0.25) is 0 Å². The highest BCUT2D eigenvalue weighted by Crippen LogP contribution is 2.28. The minimum Gasteiger partial charge on any atom is -0.378 e. The third kappa shape index (κ3) is 3.67. The third-order valence-corrected chi connectivity index (χ3v) is 4.86. The van der Waals surface area contributed by atoms with Gasteiger partial charge in [0.1, 0.15) is 6.04 Å². The molecular formula is C16H26N4O2. The fraction of sp³-hybridized carbons (Fsp3) is 0.750. The summed E-state index contributed by atoms with van der Waals surface area (Å²) in [7, 11) is 1.97. The Morgan fingerprint density at radius 3 is 3.05 bits per heavy atom. The second-order valence-electron chi connectivity index (χ2n) is 6.42. The van der Waals surface area contributed by atoms with E-state index in [0.29, 0.717) is 13.2 Å². The molecule has 1 saturated heterocycles. The predicted molar refractivity (Wildman–Crippen MR) is 83.4 cm³/mol. The SMILES string of the molecule is Cn1cncc1CCNC(=O)C1COCCN1CC1CCC1. The molecule has 0 aromatic carbocycles. The Labute approximate surface area is 131 Å². The van der Waals surface area contributed by atoms with E-state index in [0.717, 1.165) is 37.7 Å². The first-order valence-corrected chi connectivity index (χ1v) is 8.28. The molecule has 2 heterocycles. The smallest absolute Gasteiger partial charge is 0.239 e. The van der Waals surface area contributed by atoms with Crippen molar-refractivity contribution in [3.05, 3.63) is 18.2 Å². The molecule has 6 nitrogen and oxygen atoms in total. The van der Waals surface area contributed by atoms with Crippen LogP contribution in [0.5, 0.6) is 0 Å². The monoisotopic (exact) mass is 306 g/mol. The lowest BCUT2D eigenvalue weighted by Crippen LogP contribution is -2.55. The summed E-state index contributed by atoms with van der Waals surface area (Å²) in [5.41, 5.74) is 1.13. The van der Waals surface area contributed by atoms with Crippen LogP contribution in [0.25, 0.3) is 0 Å². The summed E-state index contributed by atoms with van der Waals surface area (Å²) < 4.78 is 7.51. The van der Waals surface area contributed by atoms with Gasteiger partial charge in [0.2, 0.25) is 5.91 Å². The third-order valence-electron chi connectivity index (χ3n) is 4.86. The lowest BCUT2D eigenvalue weighted by atomic mass is 9.84. The number of amides is 1. The molecular weight excluding hydrogens is 280 g/mol. The number of aryl methyl sites for hydroxylation is 1. The number of imidazole rings is 1. The maximum Gasteiger partial charge on any atom is 0.239 e. The van der Waals surface area contributed by atoms with E-state index in [1.165, 1.54) is 19.3 Å². The molecule has 0 radical (unpaired) electrons. The average Bonchev–Trinajstić information content (AvgIpc) is 2.89. The van der Waals surface area contributed by atoms with Crippen LogP contribution >= 0.6 is 0 Å². The van der Waals surface area contributed by atoms with Gasteiger partial charge in [-0.25, -0.2) is 4.98 Å². The summed E-state index contributed by atoms with van der Waals surface area (Å²) in [5.74, 6) is 0.879. The van der Waals surface area contributed by atoms with E-state index in [1.807, 2.05) is 17.8 Å². The molecule has 1 aromatic rings. The standard InChI is InChI=1S/C16H26N4O2/c1-19-12-17-9-14(19)5-6-18-16(21)15-11-22-8-7-20(15)10-13-3-2-4-13/h9,12-13,15H,2-8,10-11H2,1H3,(H,18,21). The van der Waals surface area contributed by atoms with E-state index < -0.39 is 0 Å². The Kier molecular flexibility index (Phi) is 5.10. The second kappa shape index (κ2) is 7.24. The van der Waals surface area contributed by atoms with Crippen molar-refractivity contribution < 1.29 is 9.53 Å². The van der Waals surface area contributed by atoms with E-state index in [4.69, 9.17) is 4.74 Å². The fourth-order valence-electron chi connectivity index (χ4n) is 3.16. The van der Waals surface area contributed by atoms with Crippen LogP contribution in [0.15, 0.2) is 12.5 Å². The Morgan fingerprint density at radius 1 is 1.50 bits per heavy atom. The van der Waals surface area contributed by atoms with Crippen LogP contribution in [0.4, 0.5) is 0 Å². The molecule has 1 saturated carbocycles. The van der Waals surface area contributed by atoms with E-state index >= 15 is 0 Å². The van der Waals surface area contributed by atoms with Crippen LogP contribution in [0, 0.1) is 5.92 Å². The van der Waals surface area contributed by atoms with Crippen molar-refractivity contribution in [1.29, 1.82) is 0 Å². The maximum atomic E-state index is 12.5. The van der Waals surface area contributed by atoms with Crippen LogP contribution in [-0.4, -0.2) is 59.2 Å². The molecule has 2 aliphatic rings. The molecule has 1 N–H and O–H groups in total. The fourth-order valence-corrected chi connectivity index (χ4v) is 3.16. The number of rotatable bonds is 6. The van der Waals surface area contributed by atoms with Crippen LogP contribution in [0.3, 0.4) is 0 Å². The molecule has 2 fully saturated rings. The Balaban J connectivity index is 1.47. The van der Waals surface area contributed by atoms with Crippen LogP contribution in [0.1, 0.15) is 25.0 Å². The molecule has 122 valence electrons. The Hall–Kier alpha value is -1.40. The molecule has 1 atom stereocenters. The molecule has 3 rings (SSSR count). The summed E-state index contributed by atoms with van der Waals surface area (Å²) in [6, 6.07) is -0.124. The predicted octanol–water partition coefficient (Wildman–Crippen LogP) is 0.580. The quantitative estimate of drug-likeness (QED) is 0.835. The lowest BCUT2D eigenvalue weighted by molar-refractivity contribution is -0.133. The molecule has 1 amide bonds. The molecule has 1 aliphatic carbocycles. The maximum absolute atomic E-state index is 12.5. The Morgan fingerprint density at radius 2 is 2.36 bits per heavy atom. The number of aromatic nitrogens is 2. The number of carbonyl (C=O) groups excluding carboxylic acids is 1. The summed E-state index contributed by atoms with van der Waals surface area (Å²) in [6.07, 6.45) is 8.40. The van der Waals surface area contributed by atoms with Gasteiger partial charge in [0.05, 0.1) is 19.5 Å². The number of hydrogen-bond donors (Lipinski definition) is 1. The van der Waals surface area contributed by atoms with E-state index in [9.17, 15) is 4.79 Å². The van der Waals surface area contributed by atoms with Gasteiger partial charge in [-0.1, -0.05) is 6.42 Å². The molecule has 0 spiro atoms. The molecule has 0 bridgehead atoms. The highest BCUT2D eigenvalue weighted by Gasteiger charge is 2.32. The normalized spacial score (nSPS) is 23.2. The van der Waals surface area contributed by atoms with Crippen LogP contribution in [-0.2, 0) is 23.0 Å². The van der Waals surface area contributed by atoms with E-state index in [1.54, 1.807) is 6.33 Å². The second-order valence-corrected chi connectivity index (χ2v) is 6.42. The van der Waals surface area contributed by atoms with Crippen LogP contribution < -0.4 is 5.32 Å². The van der Waals surface area contributed by atoms with E-state index in [-0.39, 0.29) is 11.9 Å². The molecule has 22 heavy (non-hydrogen) atoms. The minimum absolute atomic E-state index is 0.0983. The van der Waals surface area contributed by atoms with Gasteiger partial charge in [-0.2, -0.15) is 0 Å². The zero-order valence-electron chi connectivity index (χ0n) is 13.3. The molecule has 6 heteroatoms. The van der Waals surface area contributed by atoms with Gasteiger partial charge in [0.25, 0.3) is 0 Å². The number of ether oxygens (including phenoxy) is 1. The highest BCUT2D eigenvalue weighted by molar-refractivity contribution is 5.82. The summed E-state index contributed by atoms with van der Waals surface area (Å²) in [5, 5.41) is 3.06. The zero-order valence-corrected chi connectivity index (χ0v) is 13.3. The number of morpholine rings is 1. The van der Waals surface area contributed by atoms with E-state index in [2.05, 4.69) is 15.2 Å². The van der Waals surface area contributed by atoms with Gasteiger partial charge < -0.3 is 14.6 Å². The van der Waals surface area contributed by atoms with Gasteiger partial charge >= 0.3 is 0 Å². The van der Waals surface area contributed by atoms with Crippen molar-refractivity contribution in [1.82, 2.24) is 19.8 Å². The summed E-state index contributed by atoms with van der Waals surface area (Å²) >= 11 is 0. The zero-order chi connectivity index (χ0) is 15.4. The largest absolute Gasteiger partial charge is 0.378 e. The Bertz CT molecular complexity index is 498. The first kappa shape index (κ1) is 15.5. The summed E-state index contributed by atoms with van der Waals surface area (Å²) in [4.78, 5) is 18.9. The highest BCUT2D eigenvalue weighted by atomic mass is 16.5. The summed E-state index contributed by atoms with van der Waals surface area (Å²) in [6.45, 7) is 3.82. The van der Waals surface area contributed by atoms with Gasteiger partial charge in [-0.15, -0.1) is 0 Å². The van der Waals surface area contributed by atoms with Crippen molar-refractivity contribution in [3.8, 4) is 0 Å². The van der Waals surface area contributed by atoms with Crippen molar-refractivity contribution in [2.75, 3.05) is 32.8 Å². The molecule has 1 aliphatic heterocycles. The molecule has 1 unspecified atom stereocenters. The minimum atomic E-state index is -0.124. The van der Waals surface area contributed by atoms with Gasteiger partial charge in [0, 0.05) is 45.0 Å². The lowest BCUT2D eigenvalue weighted by Gasteiger charge is -2.39.